The normalized spacial score (nSPS) is 11.2. The van der Waals surface area contributed by atoms with E-state index in [1.54, 1.807) is 13.0 Å². The van der Waals surface area contributed by atoms with Crippen LogP contribution in [0.2, 0.25) is 0 Å². The Morgan fingerprint density at radius 3 is 2.48 bits per heavy atom. The minimum Gasteiger partial charge on any atom is -0.478 e. The lowest BCUT2D eigenvalue weighted by Crippen LogP contribution is -2.05. The Bertz CT molecular complexity index is 673. The number of benzene rings is 1. The first kappa shape index (κ1) is 15.5. The molecule has 0 aliphatic carbocycles. The molecule has 5 heteroatoms. The molecule has 2 aromatic rings. The van der Waals surface area contributed by atoms with Crippen LogP contribution in [0.4, 0.5) is 0 Å². The Morgan fingerprint density at radius 2 is 1.90 bits per heavy atom. The van der Waals surface area contributed by atoms with Gasteiger partial charge >= 0.3 is 5.97 Å². The third-order valence-electron chi connectivity index (χ3n) is 3.94. The van der Waals surface area contributed by atoms with Gasteiger partial charge in [-0.3, -0.25) is 0 Å². The van der Waals surface area contributed by atoms with Crippen LogP contribution < -0.4 is 0 Å². The van der Waals surface area contributed by atoms with E-state index in [4.69, 9.17) is 5.11 Å². The average molecular weight is 291 g/mol. The monoisotopic (exact) mass is 291 g/mol. The molecule has 0 aliphatic heterocycles. The molecule has 21 heavy (non-hydrogen) atoms. The number of carboxylic acid groups (broad SMARTS) is 1. The smallest absolute Gasteiger partial charge is 0.336 e. The fraction of sp³-hybridized carbons (Fsp3) is 0.438. The predicted molar refractivity (Wildman–Crippen MR) is 80.9 cm³/mol. The molecule has 0 aliphatic rings. The summed E-state index contributed by atoms with van der Waals surface area (Å²) >= 11 is 0. The van der Waals surface area contributed by atoms with Crippen molar-refractivity contribution < 1.29 is 20.1 Å². The molecule has 1 aromatic heterocycles. The highest BCUT2D eigenvalue weighted by Gasteiger charge is 2.17. The Kier molecular flexibility index (Phi) is 4.65. The molecule has 0 bridgehead atoms. The first-order chi connectivity index (χ1) is 10.0. The molecule has 0 fully saturated rings. The summed E-state index contributed by atoms with van der Waals surface area (Å²) in [7, 11) is 0. The minimum atomic E-state index is -0.944. The topological polar surface area (TPSA) is 82.7 Å². The molecule has 0 unspecified atom stereocenters. The molecule has 1 aromatic carbocycles. The zero-order chi connectivity index (χ0) is 15.6. The zero-order valence-corrected chi connectivity index (χ0v) is 12.4. The van der Waals surface area contributed by atoms with E-state index in [1.807, 2.05) is 17.6 Å². The van der Waals surface area contributed by atoms with Gasteiger partial charge in [-0.1, -0.05) is 0 Å². The van der Waals surface area contributed by atoms with E-state index < -0.39 is 5.97 Å². The lowest BCUT2D eigenvalue weighted by atomic mass is 10.0. The van der Waals surface area contributed by atoms with Crippen molar-refractivity contribution in [3.05, 3.63) is 34.5 Å². The van der Waals surface area contributed by atoms with E-state index in [2.05, 4.69) is 0 Å². The molecule has 0 radical (unpaired) electrons. The van der Waals surface area contributed by atoms with Crippen LogP contribution in [0.5, 0.6) is 0 Å². The van der Waals surface area contributed by atoms with Gasteiger partial charge in [0.2, 0.25) is 0 Å². The van der Waals surface area contributed by atoms with Crippen LogP contribution in [-0.4, -0.2) is 39.1 Å². The summed E-state index contributed by atoms with van der Waals surface area (Å²) in [5.41, 5.74) is 3.98. The highest BCUT2D eigenvalue weighted by Crippen LogP contribution is 2.29. The summed E-state index contributed by atoms with van der Waals surface area (Å²) in [6, 6.07) is 3.57. The number of aromatic nitrogens is 1. The molecule has 5 nitrogen and oxygen atoms in total. The van der Waals surface area contributed by atoms with Crippen molar-refractivity contribution >= 4 is 16.9 Å². The number of carbonyl (C=O) groups is 1. The van der Waals surface area contributed by atoms with Crippen LogP contribution in [0.15, 0.2) is 12.1 Å². The van der Waals surface area contributed by atoms with Gasteiger partial charge in [0.15, 0.2) is 0 Å². The van der Waals surface area contributed by atoms with Crippen LogP contribution in [0.3, 0.4) is 0 Å². The van der Waals surface area contributed by atoms with Crippen molar-refractivity contribution in [1.29, 1.82) is 0 Å². The van der Waals surface area contributed by atoms with E-state index in [-0.39, 0.29) is 18.8 Å². The average Bonchev–Trinajstić information content (AvgIpc) is 2.68. The second kappa shape index (κ2) is 6.28. The lowest BCUT2D eigenvalue weighted by molar-refractivity contribution is 0.0696. The molecule has 114 valence electrons. The number of aryl methyl sites for hydroxylation is 2. The maximum atomic E-state index is 11.3. The number of hydrogen-bond acceptors (Lipinski definition) is 3. The molecular formula is C16H21NO4. The van der Waals surface area contributed by atoms with Crippen LogP contribution in [0.25, 0.3) is 10.9 Å². The van der Waals surface area contributed by atoms with Crippen molar-refractivity contribution in [2.24, 2.45) is 0 Å². The van der Waals surface area contributed by atoms with Gasteiger partial charge in [0.25, 0.3) is 0 Å². The minimum absolute atomic E-state index is 0.000338. The molecule has 0 amide bonds. The third-order valence-corrected chi connectivity index (χ3v) is 3.94. The quantitative estimate of drug-likeness (QED) is 0.759. The summed E-state index contributed by atoms with van der Waals surface area (Å²) in [6.45, 7) is 4.32. The Morgan fingerprint density at radius 1 is 1.19 bits per heavy atom. The van der Waals surface area contributed by atoms with E-state index in [9.17, 15) is 15.0 Å². The molecule has 0 saturated heterocycles. The molecule has 0 atom stereocenters. The highest BCUT2D eigenvalue weighted by atomic mass is 16.4. The number of rotatable bonds is 6. The van der Waals surface area contributed by atoms with Gasteiger partial charge in [-0.2, -0.15) is 0 Å². The second-order valence-electron chi connectivity index (χ2n) is 5.26. The fourth-order valence-corrected chi connectivity index (χ4v) is 2.89. The summed E-state index contributed by atoms with van der Waals surface area (Å²) in [5, 5.41) is 28.6. The SMILES string of the molecule is Cc1cc2c(CCCO)c(C)n(CCO)c2cc1C(=O)O. The first-order valence-corrected chi connectivity index (χ1v) is 7.08. The third kappa shape index (κ3) is 2.80. The number of carboxylic acids is 1. The van der Waals surface area contributed by atoms with Crippen molar-refractivity contribution in [2.45, 2.75) is 33.2 Å². The maximum absolute atomic E-state index is 11.3. The molecular weight excluding hydrogens is 270 g/mol. The zero-order valence-electron chi connectivity index (χ0n) is 12.4. The van der Waals surface area contributed by atoms with Crippen molar-refractivity contribution in [3.63, 3.8) is 0 Å². The van der Waals surface area contributed by atoms with Gasteiger partial charge in [0.05, 0.1) is 12.2 Å². The summed E-state index contributed by atoms with van der Waals surface area (Å²) in [6.07, 6.45) is 1.40. The first-order valence-electron chi connectivity index (χ1n) is 7.08. The summed E-state index contributed by atoms with van der Waals surface area (Å²) in [5.74, 6) is -0.944. The molecule has 0 spiro atoms. The maximum Gasteiger partial charge on any atom is 0.336 e. The van der Waals surface area contributed by atoms with Crippen LogP contribution >= 0.6 is 0 Å². The van der Waals surface area contributed by atoms with Gasteiger partial charge in [0.1, 0.15) is 0 Å². The molecule has 3 N–H and O–H groups in total. The Labute approximate surface area is 123 Å². The largest absolute Gasteiger partial charge is 0.478 e. The van der Waals surface area contributed by atoms with Gasteiger partial charge in [-0.15, -0.1) is 0 Å². The Hall–Kier alpha value is -1.85. The molecule has 0 saturated carbocycles. The van der Waals surface area contributed by atoms with E-state index in [0.717, 1.165) is 34.1 Å². The van der Waals surface area contributed by atoms with Crippen LogP contribution in [-0.2, 0) is 13.0 Å². The van der Waals surface area contributed by atoms with Crippen LogP contribution in [0.1, 0.15) is 33.6 Å². The van der Waals surface area contributed by atoms with E-state index in [1.165, 1.54) is 0 Å². The van der Waals surface area contributed by atoms with Gasteiger partial charge in [0, 0.05) is 29.7 Å². The lowest BCUT2D eigenvalue weighted by Gasteiger charge is -2.07. The summed E-state index contributed by atoms with van der Waals surface area (Å²) < 4.78 is 1.95. The number of nitrogens with zero attached hydrogens (tertiary/aromatic N) is 1. The highest BCUT2D eigenvalue weighted by molar-refractivity contribution is 5.96. The molecule has 1 heterocycles. The standard InChI is InChI=1S/C16H21NO4/c1-10-8-14-12(4-3-6-18)11(2)17(5-7-19)15(14)9-13(10)16(20)21/h8-9,18-19H,3-7H2,1-2H3,(H,20,21). The van der Waals surface area contributed by atoms with Gasteiger partial charge < -0.3 is 19.9 Å². The van der Waals surface area contributed by atoms with Crippen molar-refractivity contribution in [2.75, 3.05) is 13.2 Å². The van der Waals surface area contributed by atoms with Crippen molar-refractivity contribution in [3.8, 4) is 0 Å². The number of aromatic carboxylic acids is 1. The second-order valence-corrected chi connectivity index (χ2v) is 5.26. The number of aliphatic hydroxyl groups excluding tert-OH is 2. The summed E-state index contributed by atoms with van der Waals surface area (Å²) in [4.78, 5) is 11.3. The Balaban J connectivity index is 2.71. The van der Waals surface area contributed by atoms with Gasteiger partial charge in [-0.25, -0.2) is 4.79 Å². The van der Waals surface area contributed by atoms with E-state index in [0.29, 0.717) is 13.0 Å². The number of aliphatic hydroxyl groups is 2. The predicted octanol–water partition coefficient (Wildman–Crippen LogP) is 1.87. The number of hydrogen-bond donors (Lipinski definition) is 3. The number of fused-ring (bicyclic) bond motifs is 1. The molecule has 2 rings (SSSR count). The van der Waals surface area contributed by atoms with E-state index >= 15 is 0 Å². The van der Waals surface area contributed by atoms with Crippen LogP contribution in [0, 0.1) is 13.8 Å². The van der Waals surface area contributed by atoms with Crippen molar-refractivity contribution in [1.82, 2.24) is 4.57 Å². The van der Waals surface area contributed by atoms with Gasteiger partial charge in [-0.05, 0) is 49.9 Å². The fourth-order valence-electron chi connectivity index (χ4n) is 2.89.